The van der Waals surface area contributed by atoms with E-state index in [1.54, 1.807) is 10.6 Å². The first-order valence-corrected chi connectivity index (χ1v) is 6.70. The van der Waals surface area contributed by atoms with Crippen molar-refractivity contribution in [2.24, 2.45) is 0 Å². The normalized spacial score (nSPS) is 22.6. The van der Waals surface area contributed by atoms with Gasteiger partial charge in [0.1, 0.15) is 22.1 Å². The number of halogens is 2. The zero-order valence-corrected chi connectivity index (χ0v) is 11.8. The van der Waals surface area contributed by atoms with E-state index >= 15 is 0 Å². The number of nitrogens with two attached hydrogens (primary N) is 1. The Hall–Kier alpha value is -1.90. The molecular weight excluding hydrogens is 333 g/mol. The molecule has 0 saturated carbocycles. The highest BCUT2D eigenvalue weighted by Gasteiger charge is 2.39. The van der Waals surface area contributed by atoms with Crippen LogP contribution < -0.4 is 5.73 Å². The molecule has 1 amide bonds. The second-order valence-corrected chi connectivity index (χ2v) is 5.33. The van der Waals surface area contributed by atoms with Crippen molar-refractivity contribution in [3.63, 3.8) is 0 Å². The maximum Gasteiger partial charge on any atom is 0.408 e. The van der Waals surface area contributed by atoms with E-state index in [1.807, 2.05) is 0 Å². The summed E-state index contributed by atoms with van der Waals surface area (Å²) in [6, 6.07) is -0.636. The number of anilines is 1. The number of carboxylic acid groups (broad SMARTS) is 1. The topological polar surface area (TPSA) is 96.8 Å². The Balaban J connectivity index is 2.15. The molecule has 9 heteroatoms. The molecule has 1 saturated heterocycles. The van der Waals surface area contributed by atoms with E-state index in [9.17, 15) is 9.18 Å². The molecule has 7 nitrogen and oxygen atoms in total. The summed E-state index contributed by atoms with van der Waals surface area (Å²) in [7, 11) is 0. The molecule has 20 heavy (non-hydrogen) atoms. The van der Waals surface area contributed by atoms with E-state index in [-0.39, 0.29) is 18.8 Å². The number of amides is 1. The number of rotatable bonds is 1. The molecule has 2 aromatic heterocycles. The third-order valence-electron chi connectivity index (χ3n) is 3.36. The Morgan fingerprint density at radius 3 is 3.05 bits per heavy atom. The summed E-state index contributed by atoms with van der Waals surface area (Å²) < 4.78 is 15.7. The first kappa shape index (κ1) is 13.1. The molecule has 3 N–H and O–H groups in total. The van der Waals surface area contributed by atoms with Gasteiger partial charge in [0, 0.05) is 18.8 Å². The van der Waals surface area contributed by atoms with Gasteiger partial charge in [-0.3, -0.25) is 9.30 Å². The molecule has 0 aromatic carbocycles. The minimum Gasteiger partial charge on any atom is -0.465 e. The van der Waals surface area contributed by atoms with Crippen LogP contribution in [0.4, 0.5) is 15.0 Å². The lowest BCUT2D eigenvalue weighted by Gasteiger charge is -2.19. The average molecular weight is 344 g/mol. The Labute approximate surface area is 121 Å². The van der Waals surface area contributed by atoms with E-state index in [0.29, 0.717) is 15.9 Å². The second kappa shape index (κ2) is 4.58. The number of hydrogen-bond acceptors (Lipinski definition) is 4. The summed E-state index contributed by atoms with van der Waals surface area (Å²) in [6.07, 6.45) is 0.851. The lowest BCUT2D eigenvalue weighted by Crippen LogP contribution is -2.30. The fraction of sp³-hybridized carbons (Fsp3) is 0.364. The Morgan fingerprint density at radius 2 is 2.35 bits per heavy atom. The molecule has 0 bridgehead atoms. The summed E-state index contributed by atoms with van der Waals surface area (Å²) >= 11 is 3.28. The molecule has 0 aliphatic carbocycles. The number of hydrogen-bond donors (Lipinski definition) is 2. The molecule has 106 valence electrons. The van der Waals surface area contributed by atoms with E-state index < -0.39 is 18.3 Å². The Bertz CT molecular complexity index is 691. The fourth-order valence-corrected chi connectivity index (χ4v) is 3.09. The van der Waals surface area contributed by atoms with Crippen molar-refractivity contribution in [2.45, 2.75) is 18.6 Å². The standard InChI is InChI=1S/C11H11BrFN5O2/c12-8-7-9(14)15-1-2-17(7)10(16-8)6-3-5(13)4-18(6)11(19)20/h1-2,5-6H,3-4H2,(H2,14,15)(H,19,20)/t5-,6-/m0/s1. The summed E-state index contributed by atoms with van der Waals surface area (Å²) in [5.41, 5.74) is 6.34. The molecule has 3 heterocycles. The summed E-state index contributed by atoms with van der Waals surface area (Å²) in [4.78, 5) is 20.5. The zero-order valence-electron chi connectivity index (χ0n) is 10.2. The quantitative estimate of drug-likeness (QED) is 0.823. The van der Waals surface area contributed by atoms with Crippen LogP contribution in [0.1, 0.15) is 18.3 Å². The van der Waals surface area contributed by atoms with Crippen LogP contribution in [0.15, 0.2) is 17.0 Å². The first-order chi connectivity index (χ1) is 9.49. The molecule has 0 radical (unpaired) electrons. The Morgan fingerprint density at radius 1 is 1.60 bits per heavy atom. The van der Waals surface area contributed by atoms with E-state index in [0.717, 1.165) is 4.90 Å². The smallest absolute Gasteiger partial charge is 0.408 e. The largest absolute Gasteiger partial charge is 0.465 e. The minimum atomic E-state index is -1.19. The number of fused-ring (bicyclic) bond motifs is 1. The highest BCUT2D eigenvalue weighted by Crippen LogP contribution is 2.35. The molecule has 0 unspecified atom stereocenters. The lowest BCUT2D eigenvalue weighted by atomic mass is 10.2. The van der Waals surface area contributed by atoms with Gasteiger partial charge in [0.2, 0.25) is 0 Å². The van der Waals surface area contributed by atoms with Crippen molar-refractivity contribution in [3.8, 4) is 0 Å². The molecule has 2 aromatic rings. The second-order valence-electron chi connectivity index (χ2n) is 4.58. The van der Waals surface area contributed by atoms with Crippen molar-refractivity contribution in [1.82, 2.24) is 19.3 Å². The molecule has 1 aliphatic rings. The van der Waals surface area contributed by atoms with Crippen LogP contribution in [-0.2, 0) is 0 Å². The van der Waals surface area contributed by atoms with Crippen molar-refractivity contribution >= 4 is 33.4 Å². The van der Waals surface area contributed by atoms with Gasteiger partial charge >= 0.3 is 6.09 Å². The van der Waals surface area contributed by atoms with Gasteiger partial charge in [-0.1, -0.05) is 0 Å². The summed E-state index contributed by atoms with van der Waals surface area (Å²) in [5, 5.41) is 9.17. The third kappa shape index (κ3) is 1.89. The van der Waals surface area contributed by atoms with Crippen molar-refractivity contribution in [2.75, 3.05) is 12.3 Å². The van der Waals surface area contributed by atoms with Crippen LogP contribution in [-0.4, -0.2) is 43.2 Å². The molecule has 3 rings (SSSR count). The summed E-state index contributed by atoms with van der Waals surface area (Å²) in [6.45, 7) is -0.146. The predicted octanol–water partition coefficient (Wildman–Crippen LogP) is 1.84. The number of likely N-dealkylation sites (tertiary alicyclic amines) is 1. The van der Waals surface area contributed by atoms with Gasteiger partial charge in [0.05, 0.1) is 12.6 Å². The molecular formula is C11H11BrFN5O2. The highest BCUT2D eigenvalue weighted by atomic mass is 79.9. The van der Waals surface area contributed by atoms with Crippen molar-refractivity contribution < 1.29 is 14.3 Å². The maximum atomic E-state index is 13.6. The van der Waals surface area contributed by atoms with Crippen LogP contribution in [0, 0.1) is 0 Å². The number of carbonyl (C=O) groups is 1. The zero-order chi connectivity index (χ0) is 14.4. The average Bonchev–Trinajstić information content (AvgIpc) is 2.91. The molecule has 0 spiro atoms. The van der Waals surface area contributed by atoms with Gasteiger partial charge in [0.15, 0.2) is 5.82 Å². The highest BCUT2D eigenvalue weighted by molar-refractivity contribution is 9.10. The Kier molecular flexibility index (Phi) is 3.00. The SMILES string of the molecule is Nc1nccn2c([C@@H]3C[C@H](F)CN3C(=O)O)nc(Br)c12. The van der Waals surface area contributed by atoms with E-state index in [4.69, 9.17) is 10.8 Å². The lowest BCUT2D eigenvalue weighted by molar-refractivity contribution is 0.136. The van der Waals surface area contributed by atoms with Gasteiger partial charge in [-0.05, 0) is 15.9 Å². The maximum absolute atomic E-state index is 13.6. The van der Waals surface area contributed by atoms with Crippen LogP contribution in [0.5, 0.6) is 0 Å². The first-order valence-electron chi connectivity index (χ1n) is 5.90. The number of nitrogens with zero attached hydrogens (tertiary/aromatic N) is 4. The van der Waals surface area contributed by atoms with Gasteiger partial charge in [-0.25, -0.2) is 19.2 Å². The number of nitrogen functional groups attached to an aromatic ring is 1. The van der Waals surface area contributed by atoms with Gasteiger partial charge in [0.25, 0.3) is 0 Å². The molecule has 1 aliphatic heterocycles. The van der Waals surface area contributed by atoms with Crippen LogP contribution >= 0.6 is 15.9 Å². The van der Waals surface area contributed by atoms with E-state index in [1.165, 1.54) is 6.20 Å². The third-order valence-corrected chi connectivity index (χ3v) is 3.91. The van der Waals surface area contributed by atoms with Gasteiger partial charge < -0.3 is 10.8 Å². The molecule has 1 fully saturated rings. The van der Waals surface area contributed by atoms with Crippen molar-refractivity contribution in [1.29, 1.82) is 0 Å². The van der Waals surface area contributed by atoms with E-state index in [2.05, 4.69) is 25.9 Å². The monoisotopic (exact) mass is 343 g/mol. The van der Waals surface area contributed by atoms with Gasteiger partial charge in [-0.2, -0.15) is 0 Å². The molecule has 2 atom stereocenters. The summed E-state index contributed by atoms with van der Waals surface area (Å²) in [5.74, 6) is 0.707. The van der Waals surface area contributed by atoms with Crippen LogP contribution in [0.2, 0.25) is 0 Å². The number of alkyl halides is 1. The minimum absolute atomic E-state index is 0.0834. The predicted molar refractivity (Wildman–Crippen MR) is 72.1 cm³/mol. The number of imidazole rings is 1. The van der Waals surface area contributed by atoms with Gasteiger partial charge in [-0.15, -0.1) is 0 Å². The number of aromatic nitrogens is 3. The van der Waals surface area contributed by atoms with Crippen LogP contribution in [0.3, 0.4) is 0 Å². The van der Waals surface area contributed by atoms with Crippen molar-refractivity contribution in [3.05, 3.63) is 22.8 Å². The van der Waals surface area contributed by atoms with Crippen LogP contribution in [0.25, 0.3) is 5.52 Å². The fourth-order valence-electron chi connectivity index (χ4n) is 2.52.